The number of carboxylic acid groups (broad SMARTS) is 1. The van der Waals surface area contributed by atoms with E-state index in [4.69, 9.17) is 28.3 Å². The molecule has 0 saturated carbocycles. The molecule has 2 aromatic carbocycles. The number of halogens is 2. The van der Waals surface area contributed by atoms with Gasteiger partial charge in [-0.3, -0.25) is 9.59 Å². The fraction of sp³-hybridized carbons (Fsp3) is 0.174. The lowest BCUT2D eigenvalue weighted by atomic mass is 9.94. The lowest BCUT2D eigenvalue weighted by Crippen LogP contribution is -2.21. The van der Waals surface area contributed by atoms with Gasteiger partial charge in [-0.25, -0.2) is 4.79 Å². The maximum Gasteiger partial charge on any atom is 0.335 e. The lowest BCUT2D eigenvalue weighted by molar-refractivity contribution is -0.115. The molecular formula is C23H19Cl2NO4. The number of anilines is 1. The van der Waals surface area contributed by atoms with Crippen molar-refractivity contribution in [2.45, 2.75) is 19.3 Å². The van der Waals surface area contributed by atoms with Gasteiger partial charge in [-0.1, -0.05) is 35.8 Å². The minimum Gasteiger partial charge on any atom is -0.478 e. The maximum atomic E-state index is 13.3. The van der Waals surface area contributed by atoms with Crippen LogP contribution in [-0.2, 0) is 4.79 Å². The SMILES string of the molecule is C=C1C(=O)CCCCN(c2ccc(C(=O)O)cc2)C=C1C(=O)c1c(Cl)cccc1Cl. The van der Waals surface area contributed by atoms with Crippen molar-refractivity contribution in [3.63, 3.8) is 0 Å². The Bertz CT molecular complexity index is 1040. The van der Waals surface area contributed by atoms with Crippen LogP contribution < -0.4 is 4.90 Å². The van der Waals surface area contributed by atoms with Crippen LogP contribution in [0.5, 0.6) is 0 Å². The minimum atomic E-state index is -1.02. The van der Waals surface area contributed by atoms with E-state index in [0.717, 1.165) is 0 Å². The van der Waals surface area contributed by atoms with Crippen LogP contribution in [0.1, 0.15) is 40.0 Å². The fourth-order valence-electron chi connectivity index (χ4n) is 3.21. The van der Waals surface area contributed by atoms with Crippen molar-refractivity contribution in [3.8, 4) is 0 Å². The molecule has 5 nitrogen and oxygen atoms in total. The van der Waals surface area contributed by atoms with Crippen LogP contribution in [0.15, 0.2) is 66.4 Å². The van der Waals surface area contributed by atoms with Crippen LogP contribution in [0.25, 0.3) is 0 Å². The highest BCUT2D eigenvalue weighted by atomic mass is 35.5. The van der Waals surface area contributed by atoms with Gasteiger partial charge in [0.25, 0.3) is 0 Å². The molecule has 7 heteroatoms. The van der Waals surface area contributed by atoms with Gasteiger partial charge >= 0.3 is 5.97 Å². The van der Waals surface area contributed by atoms with Crippen LogP contribution in [0.3, 0.4) is 0 Å². The zero-order valence-corrected chi connectivity index (χ0v) is 17.5. The number of aromatic carboxylic acids is 1. The van der Waals surface area contributed by atoms with E-state index in [9.17, 15) is 14.4 Å². The number of hydrogen-bond acceptors (Lipinski definition) is 4. The molecule has 0 aliphatic carbocycles. The van der Waals surface area contributed by atoms with Crippen molar-refractivity contribution < 1.29 is 19.5 Å². The van der Waals surface area contributed by atoms with Crippen molar-refractivity contribution in [1.29, 1.82) is 0 Å². The Hall–Kier alpha value is -2.89. The molecule has 3 rings (SSSR count). The monoisotopic (exact) mass is 443 g/mol. The Morgan fingerprint density at radius 2 is 1.63 bits per heavy atom. The second-order valence-electron chi connectivity index (χ2n) is 6.87. The van der Waals surface area contributed by atoms with E-state index in [0.29, 0.717) is 25.1 Å². The van der Waals surface area contributed by atoms with Gasteiger partial charge in [-0.15, -0.1) is 0 Å². The largest absolute Gasteiger partial charge is 0.478 e. The van der Waals surface area contributed by atoms with Gasteiger partial charge in [0.05, 0.1) is 21.2 Å². The molecule has 0 fully saturated rings. The van der Waals surface area contributed by atoms with Crippen LogP contribution in [0, 0.1) is 0 Å². The number of carbonyl (C=O) groups is 3. The van der Waals surface area contributed by atoms with Crippen molar-refractivity contribution >= 4 is 46.4 Å². The first-order valence-electron chi connectivity index (χ1n) is 9.32. The third-order valence-electron chi connectivity index (χ3n) is 4.88. The lowest BCUT2D eigenvalue weighted by Gasteiger charge is -2.22. The molecule has 0 amide bonds. The molecule has 1 heterocycles. The van der Waals surface area contributed by atoms with E-state index in [2.05, 4.69) is 6.58 Å². The quantitative estimate of drug-likeness (QED) is 0.493. The number of ketones is 2. The second-order valence-corrected chi connectivity index (χ2v) is 7.69. The molecular weight excluding hydrogens is 425 g/mol. The van der Waals surface area contributed by atoms with Crippen molar-refractivity contribution in [2.24, 2.45) is 0 Å². The van der Waals surface area contributed by atoms with E-state index < -0.39 is 11.8 Å². The number of carbonyl (C=O) groups excluding carboxylic acids is 2. The van der Waals surface area contributed by atoms with Gasteiger partial charge in [0.15, 0.2) is 11.6 Å². The van der Waals surface area contributed by atoms with Crippen LogP contribution in [0.4, 0.5) is 5.69 Å². The first-order chi connectivity index (χ1) is 14.3. The summed E-state index contributed by atoms with van der Waals surface area (Å²) in [5, 5.41) is 9.49. The summed E-state index contributed by atoms with van der Waals surface area (Å²) in [5.41, 5.74) is 1.18. The van der Waals surface area contributed by atoms with E-state index in [1.165, 1.54) is 12.1 Å². The summed E-state index contributed by atoms with van der Waals surface area (Å²) >= 11 is 12.4. The van der Waals surface area contributed by atoms with Gasteiger partial charge in [0.1, 0.15) is 0 Å². The van der Waals surface area contributed by atoms with Crippen molar-refractivity contribution in [3.05, 3.63) is 87.6 Å². The second kappa shape index (κ2) is 9.28. The molecule has 1 N–H and O–H groups in total. The highest BCUT2D eigenvalue weighted by Crippen LogP contribution is 2.31. The molecule has 0 unspecified atom stereocenters. The summed E-state index contributed by atoms with van der Waals surface area (Å²) in [6.07, 6.45) is 3.21. The van der Waals surface area contributed by atoms with Crippen LogP contribution in [-0.4, -0.2) is 29.2 Å². The number of benzene rings is 2. The zero-order valence-electron chi connectivity index (χ0n) is 16.0. The molecule has 2 aromatic rings. The summed E-state index contributed by atoms with van der Waals surface area (Å²) < 4.78 is 0. The summed E-state index contributed by atoms with van der Waals surface area (Å²) in [4.78, 5) is 38.8. The molecule has 0 bridgehead atoms. The zero-order chi connectivity index (χ0) is 21.8. The van der Waals surface area contributed by atoms with Crippen LogP contribution in [0.2, 0.25) is 10.0 Å². The summed E-state index contributed by atoms with van der Waals surface area (Å²) in [7, 11) is 0. The van der Waals surface area contributed by atoms with Gasteiger partial charge in [0, 0.05) is 36.0 Å². The Kier molecular flexibility index (Phi) is 6.75. The average molecular weight is 444 g/mol. The Labute approximate surface area is 184 Å². The molecule has 1 aliphatic rings. The fourth-order valence-corrected chi connectivity index (χ4v) is 3.78. The molecule has 1 aliphatic heterocycles. The smallest absolute Gasteiger partial charge is 0.335 e. The maximum absolute atomic E-state index is 13.3. The molecule has 0 atom stereocenters. The van der Waals surface area contributed by atoms with E-state index >= 15 is 0 Å². The van der Waals surface area contributed by atoms with Crippen LogP contribution >= 0.6 is 23.2 Å². The molecule has 0 radical (unpaired) electrons. The van der Waals surface area contributed by atoms with Gasteiger partial charge in [-0.2, -0.15) is 0 Å². The molecule has 0 spiro atoms. The van der Waals surface area contributed by atoms with E-state index in [1.807, 2.05) is 4.90 Å². The Morgan fingerprint density at radius 3 is 2.23 bits per heavy atom. The van der Waals surface area contributed by atoms with Gasteiger partial charge in [-0.05, 0) is 49.2 Å². The van der Waals surface area contributed by atoms with Gasteiger partial charge < -0.3 is 10.0 Å². The van der Waals surface area contributed by atoms with E-state index in [-0.39, 0.29) is 44.5 Å². The highest BCUT2D eigenvalue weighted by Gasteiger charge is 2.26. The number of Topliss-reactive ketones (excluding diaryl/α,β-unsaturated/α-hetero) is 2. The third kappa shape index (κ3) is 4.64. The first kappa shape index (κ1) is 21.8. The molecule has 0 aromatic heterocycles. The number of carboxylic acids is 1. The Balaban J connectivity index is 2.09. The summed E-state index contributed by atoms with van der Waals surface area (Å²) in [6.45, 7) is 4.40. The predicted molar refractivity (Wildman–Crippen MR) is 118 cm³/mol. The number of rotatable bonds is 4. The highest BCUT2D eigenvalue weighted by molar-refractivity contribution is 6.41. The normalized spacial score (nSPS) is 15.1. The topological polar surface area (TPSA) is 74.7 Å². The number of allylic oxidation sites excluding steroid dienone is 2. The molecule has 30 heavy (non-hydrogen) atoms. The Morgan fingerprint density at radius 1 is 1.00 bits per heavy atom. The number of nitrogens with zero attached hydrogens (tertiary/aromatic N) is 1. The van der Waals surface area contributed by atoms with Gasteiger partial charge in [0.2, 0.25) is 0 Å². The first-order valence-corrected chi connectivity index (χ1v) is 10.1. The number of hydrogen-bond donors (Lipinski definition) is 1. The van der Waals surface area contributed by atoms with E-state index in [1.54, 1.807) is 36.5 Å². The summed E-state index contributed by atoms with van der Waals surface area (Å²) in [6, 6.07) is 11.1. The average Bonchev–Trinajstić information content (AvgIpc) is 2.78. The molecule has 154 valence electrons. The standard InChI is InChI=1S/C23H19Cl2NO4/c1-14-17(22(28)21-18(24)5-4-6-19(21)25)13-26(12-3-2-7-20(14)27)16-10-8-15(9-11-16)23(29)30/h4-6,8-11,13H,1-3,7,12H2,(H,29,30). The molecule has 0 saturated heterocycles. The summed E-state index contributed by atoms with van der Waals surface area (Å²) in [5.74, 6) is -1.72. The third-order valence-corrected chi connectivity index (χ3v) is 5.51. The van der Waals surface area contributed by atoms with Crippen molar-refractivity contribution in [2.75, 3.05) is 11.4 Å². The predicted octanol–water partition coefficient (Wildman–Crippen LogP) is 5.57. The van der Waals surface area contributed by atoms with Crippen molar-refractivity contribution in [1.82, 2.24) is 0 Å². The minimum absolute atomic E-state index is 0.102.